The van der Waals surface area contributed by atoms with E-state index in [1.807, 2.05) is 6.07 Å². The highest BCUT2D eigenvalue weighted by atomic mass is 15.3. The first-order valence-corrected chi connectivity index (χ1v) is 6.12. The number of nitrogens with one attached hydrogen (secondary N) is 1. The highest BCUT2D eigenvalue weighted by Gasteiger charge is 2.29. The topological polar surface area (TPSA) is 44.5 Å². The molecule has 1 aliphatic heterocycles. The van der Waals surface area contributed by atoms with Gasteiger partial charge in [0.15, 0.2) is 0 Å². The Labute approximate surface area is 103 Å². The second-order valence-corrected chi connectivity index (χ2v) is 4.87. The van der Waals surface area contributed by atoms with E-state index in [1.165, 1.54) is 5.56 Å². The molecule has 0 amide bonds. The largest absolute Gasteiger partial charge is 0.303 e. The van der Waals surface area contributed by atoms with Gasteiger partial charge in [-0.1, -0.05) is 30.3 Å². The molecule has 3 N–H and O–H groups in total. The molecule has 2 rings (SSSR count). The smallest absolute Gasteiger partial charge is 0.0627 e. The Hall–Kier alpha value is -0.940. The van der Waals surface area contributed by atoms with Gasteiger partial charge < -0.3 is 4.90 Å². The average molecular weight is 234 g/mol. The fourth-order valence-electron chi connectivity index (χ4n) is 2.49. The summed E-state index contributed by atoms with van der Waals surface area (Å²) in [7, 11) is 4.34. The van der Waals surface area contributed by atoms with Crippen LogP contribution < -0.4 is 11.3 Å². The molecule has 1 aromatic carbocycles. The van der Waals surface area contributed by atoms with Crippen molar-refractivity contribution in [1.29, 1.82) is 0 Å². The summed E-state index contributed by atoms with van der Waals surface area (Å²) in [4.78, 5) is 4.75. The standard InChI is InChI=1S/C13H22N4/c1-16-8-9-17(2)12(10-16)13(15-14)11-6-4-3-5-7-11/h3-7,12-13,15H,8-10,14H2,1-2H3. The average Bonchev–Trinajstić information content (AvgIpc) is 2.36. The van der Waals surface area contributed by atoms with Crippen LogP contribution in [0, 0.1) is 0 Å². The monoisotopic (exact) mass is 234 g/mol. The van der Waals surface area contributed by atoms with Crippen LogP contribution in [-0.2, 0) is 0 Å². The Bertz CT molecular complexity index is 341. The lowest BCUT2D eigenvalue weighted by Crippen LogP contribution is -2.56. The molecular weight excluding hydrogens is 212 g/mol. The second kappa shape index (κ2) is 5.60. The van der Waals surface area contributed by atoms with Crippen LogP contribution >= 0.6 is 0 Å². The lowest BCUT2D eigenvalue weighted by atomic mass is 9.97. The molecule has 0 aliphatic carbocycles. The van der Waals surface area contributed by atoms with Crippen LogP contribution in [0.2, 0.25) is 0 Å². The molecule has 1 fully saturated rings. The zero-order chi connectivity index (χ0) is 12.3. The molecule has 0 spiro atoms. The van der Waals surface area contributed by atoms with E-state index in [2.05, 4.69) is 53.6 Å². The summed E-state index contributed by atoms with van der Waals surface area (Å²) >= 11 is 0. The Morgan fingerprint density at radius 2 is 1.94 bits per heavy atom. The number of nitrogens with zero attached hydrogens (tertiary/aromatic N) is 2. The van der Waals surface area contributed by atoms with Gasteiger partial charge in [0.05, 0.1) is 6.04 Å². The van der Waals surface area contributed by atoms with Gasteiger partial charge in [-0.15, -0.1) is 0 Å². The van der Waals surface area contributed by atoms with Gasteiger partial charge in [-0.3, -0.25) is 16.2 Å². The molecule has 1 saturated heterocycles. The molecule has 1 aromatic rings. The Kier molecular flexibility index (Phi) is 4.12. The van der Waals surface area contributed by atoms with Gasteiger partial charge in [0, 0.05) is 25.7 Å². The molecule has 0 radical (unpaired) electrons. The van der Waals surface area contributed by atoms with Crippen molar-refractivity contribution >= 4 is 0 Å². The van der Waals surface area contributed by atoms with E-state index in [1.54, 1.807) is 0 Å². The van der Waals surface area contributed by atoms with Crippen molar-refractivity contribution in [3.8, 4) is 0 Å². The van der Waals surface area contributed by atoms with Gasteiger partial charge in [-0.2, -0.15) is 0 Å². The maximum atomic E-state index is 5.75. The van der Waals surface area contributed by atoms with Crippen LogP contribution in [0.1, 0.15) is 11.6 Å². The number of benzene rings is 1. The highest BCUT2D eigenvalue weighted by Crippen LogP contribution is 2.22. The van der Waals surface area contributed by atoms with Crippen molar-refractivity contribution in [2.24, 2.45) is 5.84 Å². The van der Waals surface area contributed by atoms with Gasteiger partial charge >= 0.3 is 0 Å². The van der Waals surface area contributed by atoms with Crippen molar-refractivity contribution in [1.82, 2.24) is 15.2 Å². The lowest BCUT2D eigenvalue weighted by molar-refractivity contribution is 0.0876. The number of hydrazine groups is 1. The third kappa shape index (κ3) is 2.84. The minimum atomic E-state index is 0.184. The summed E-state index contributed by atoms with van der Waals surface area (Å²) in [5, 5.41) is 0. The van der Waals surface area contributed by atoms with Crippen LogP contribution in [0.25, 0.3) is 0 Å². The minimum Gasteiger partial charge on any atom is -0.303 e. The van der Waals surface area contributed by atoms with Gasteiger partial charge in [0.2, 0.25) is 0 Å². The number of hydrogen-bond acceptors (Lipinski definition) is 4. The first kappa shape index (κ1) is 12.5. The molecule has 0 aromatic heterocycles. The van der Waals surface area contributed by atoms with Crippen LogP contribution in [0.4, 0.5) is 0 Å². The van der Waals surface area contributed by atoms with E-state index in [0.29, 0.717) is 6.04 Å². The predicted octanol–water partition coefficient (Wildman–Crippen LogP) is 0.437. The van der Waals surface area contributed by atoms with Crippen molar-refractivity contribution in [3.63, 3.8) is 0 Å². The number of likely N-dealkylation sites (N-methyl/N-ethyl adjacent to an activating group) is 2. The van der Waals surface area contributed by atoms with E-state index in [4.69, 9.17) is 5.84 Å². The molecule has 94 valence electrons. The summed E-state index contributed by atoms with van der Waals surface area (Å²) in [6.07, 6.45) is 0. The fraction of sp³-hybridized carbons (Fsp3) is 0.538. The Morgan fingerprint density at radius 3 is 2.59 bits per heavy atom. The van der Waals surface area contributed by atoms with Crippen molar-refractivity contribution in [3.05, 3.63) is 35.9 Å². The predicted molar refractivity (Wildman–Crippen MR) is 70.4 cm³/mol. The number of hydrogen-bond donors (Lipinski definition) is 2. The molecule has 2 unspecified atom stereocenters. The van der Waals surface area contributed by atoms with E-state index >= 15 is 0 Å². The van der Waals surface area contributed by atoms with E-state index in [0.717, 1.165) is 19.6 Å². The summed E-state index contributed by atoms with van der Waals surface area (Å²) in [6, 6.07) is 11.0. The molecule has 4 nitrogen and oxygen atoms in total. The summed E-state index contributed by atoms with van der Waals surface area (Å²) in [5.74, 6) is 5.75. The van der Waals surface area contributed by atoms with Crippen LogP contribution in [0.15, 0.2) is 30.3 Å². The quantitative estimate of drug-likeness (QED) is 0.588. The second-order valence-electron chi connectivity index (χ2n) is 4.87. The van der Waals surface area contributed by atoms with Crippen LogP contribution in [-0.4, -0.2) is 49.6 Å². The number of nitrogens with two attached hydrogens (primary N) is 1. The zero-order valence-electron chi connectivity index (χ0n) is 10.6. The van der Waals surface area contributed by atoms with E-state index in [9.17, 15) is 0 Å². The van der Waals surface area contributed by atoms with Crippen LogP contribution in [0.5, 0.6) is 0 Å². The zero-order valence-corrected chi connectivity index (χ0v) is 10.6. The molecule has 0 bridgehead atoms. The molecule has 1 heterocycles. The van der Waals surface area contributed by atoms with Gasteiger partial charge in [-0.05, 0) is 19.7 Å². The molecule has 1 aliphatic rings. The third-order valence-electron chi connectivity index (χ3n) is 3.62. The maximum absolute atomic E-state index is 5.75. The minimum absolute atomic E-state index is 0.184. The normalized spacial score (nSPS) is 24.8. The Balaban J connectivity index is 2.17. The first-order chi connectivity index (χ1) is 8.22. The third-order valence-corrected chi connectivity index (χ3v) is 3.62. The molecular formula is C13H22N4. The van der Waals surface area contributed by atoms with Gasteiger partial charge in [0.1, 0.15) is 0 Å². The van der Waals surface area contributed by atoms with E-state index in [-0.39, 0.29) is 6.04 Å². The Morgan fingerprint density at radius 1 is 1.24 bits per heavy atom. The summed E-state index contributed by atoms with van der Waals surface area (Å²) in [6.45, 7) is 3.26. The first-order valence-electron chi connectivity index (χ1n) is 6.12. The molecule has 2 atom stereocenters. The number of rotatable bonds is 3. The SMILES string of the molecule is CN1CCN(C)C(C(NN)c2ccccc2)C1. The summed E-state index contributed by atoms with van der Waals surface area (Å²) < 4.78 is 0. The number of piperazine rings is 1. The van der Waals surface area contributed by atoms with Gasteiger partial charge in [0.25, 0.3) is 0 Å². The highest BCUT2D eigenvalue weighted by molar-refractivity contribution is 5.21. The van der Waals surface area contributed by atoms with Crippen molar-refractivity contribution in [2.75, 3.05) is 33.7 Å². The maximum Gasteiger partial charge on any atom is 0.0627 e. The molecule has 4 heteroatoms. The summed E-state index contributed by atoms with van der Waals surface area (Å²) in [5.41, 5.74) is 4.22. The lowest BCUT2D eigenvalue weighted by Gasteiger charge is -2.41. The molecule has 0 saturated carbocycles. The van der Waals surface area contributed by atoms with E-state index < -0.39 is 0 Å². The molecule has 17 heavy (non-hydrogen) atoms. The van der Waals surface area contributed by atoms with Crippen molar-refractivity contribution < 1.29 is 0 Å². The van der Waals surface area contributed by atoms with Crippen LogP contribution in [0.3, 0.4) is 0 Å². The van der Waals surface area contributed by atoms with Gasteiger partial charge in [-0.25, -0.2) is 0 Å². The fourth-order valence-corrected chi connectivity index (χ4v) is 2.49. The van der Waals surface area contributed by atoms with Crippen molar-refractivity contribution in [2.45, 2.75) is 12.1 Å².